The number of aryl methyl sites for hydroxylation is 1. The van der Waals surface area contributed by atoms with Crippen molar-refractivity contribution in [3.05, 3.63) is 35.4 Å². The quantitative estimate of drug-likeness (QED) is 0.330. The largest absolute Gasteiger partial charge is 0.0979 e. The van der Waals surface area contributed by atoms with Crippen molar-refractivity contribution in [3.8, 4) is 11.8 Å². The molecule has 0 amide bonds. The van der Waals surface area contributed by atoms with Gasteiger partial charge >= 0.3 is 0 Å². The van der Waals surface area contributed by atoms with Gasteiger partial charge in [-0.05, 0) is 42.9 Å². The van der Waals surface area contributed by atoms with Gasteiger partial charge in [-0.25, -0.2) is 0 Å². The lowest BCUT2D eigenvalue weighted by Crippen LogP contribution is -1.95. The van der Waals surface area contributed by atoms with Gasteiger partial charge in [0, 0.05) is 12.0 Å². The molecule has 0 nitrogen and oxygen atoms in total. The molecule has 0 aliphatic heterocycles. The molecule has 0 spiro atoms. The molecule has 0 radical (unpaired) electrons. The molecule has 22 heavy (non-hydrogen) atoms. The van der Waals surface area contributed by atoms with Crippen LogP contribution in [0.1, 0.15) is 89.7 Å². The average Bonchev–Trinajstić information content (AvgIpc) is 2.55. The van der Waals surface area contributed by atoms with E-state index in [1.54, 1.807) is 0 Å². The van der Waals surface area contributed by atoms with Gasteiger partial charge in [0.1, 0.15) is 0 Å². The predicted octanol–water partition coefficient (Wildman–Crippen LogP) is 6.77. The average molecular weight is 299 g/mol. The Morgan fingerprint density at radius 1 is 1.00 bits per heavy atom. The number of unbranched alkanes of at least 4 members (excludes halogenated alkanes) is 6. The SMILES string of the molecule is CCCCCCCCC#Cc1cccc(CCC(C)CC)c1. The van der Waals surface area contributed by atoms with Crippen molar-refractivity contribution in [2.75, 3.05) is 0 Å². The summed E-state index contributed by atoms with van der Waals surface area (Å²) in [5.74, 6) is 7.51. The Morgan fingerprint density at radius 3 is 2.55 bits per heavy atom. The molecule has 0 heterocycles. The maximum absolute atomic E-state index is 3.35. The fourth-order valence-electron chi connectivity index (χ4n) is 2.58. The first-order chi connectivity index (χ1) is 10.8. The highest BCUT2D eigenvalue weighted by atomic mass is 14.1. The minimum atomic E-state index is 0.822. The van der Waals surface area contributed by atoms with Crippen molar-refractivity contribution in [1.82, 2.24) is 0 Å². The molecule has 0 saturated heterocycles. The Balaban J connectivity index is 2.29. The molecule has 0 bridgehead atoms. The van der Waals surface area contributed by atoms with Crippen LogP contribution in [0, 0.1) is 17.8 Å². The second-order valence-corrected chi connectivity index (χ2v) is 6.57. The molecule has 0 aliphatic carbocycles. The first kappa shape index (κ1) is 18.8. The van der Waals surface area contributed by atoms with Crippen LogP contribution in [0.15, 0.2) is 24.3 Å². The smallest absolute Gasteiger partial charge is 0.0247 e. The molecule has 0 aromatic heterocycles. The number of hydrogen-bond donors (Lipinski definition) is 0. The fourth-order valence-corrected chi connectivity index (χ4v) is 2.58. The summed E-state index contributed by atoms with van der Waals surface area (Å²) in [6.45, 7) is 6.88. The molecular weight excluding hydrogens is 264 g/mol. The minimum Gasteiger partial charge on any atom is -0.0979 e. The van der Waals surface area contributed by atoms with Crippen molar-refractivity contribution in [3.63, 3.8) is 0 Å². The molecule has 1 aromatic carbocycles. The van der Waals surface area contributed by atoms with Crippen LogP contribution in [0.25, 0.3) is 0 Å². The summed E-state index contributed by atoms with van der Waals surface area (Å²) < 4.78 is 0. The molecule has 1 rings (SSSR count). The zero-order valence-corrected chi connectivity index (χ0v) is 15.0. The summed E-state index contributed by atoms with van der Waals surface area (Å²) in [4.78, 5) is 0. The van der Waals surface area contributed by atoms with E-state index >= 15 is 0 Å². The van der Waals surface area contributed by atoms with Crippen LogP contribution in [-0.4, -0.2) is 0 Å². The van der Waals surface area contributed by atoms with Crippen molar-refractivity contribution in [2.45, 2.75) is 85.0 Å². The van der Waals surface area contributed by atoms with Crippen molar-refractivity contribution in [1.29, 1.82) is 0 Å². The normalized spacial score (nSPS) is 11.8. The molecule has 0 fully saturated rings. The molecule has 1 atom stereocenters. The molecule has 0 heteroatoms. The highest BCUT2D eigenvalue weighted by molar-refractivity contribution is 5.37. The Morgan fingerprint density at radius 2 is 1.77 bits per heavy atom. The second kappa shape index (κ2) is 12.3. The standard InChI is InChI=1S/C22H34/c1-4-6-7-8-9-10-11-12-14-21-15-13-16-22(19-21)18-17-20(3)5-2/h13,15-16,19-20H,4-11,17-18H2,1-3H3. The lowest BCUT2D eigenvalue weighted by atomic mass is 9.98. The van der Waals surface area contributed by atoms with Gasteiger partial charge in [-0.2, -0.15) is 0 Å². The van der Waals surface area contributed by atoms with Gasteiger partial charge in [0.15, 0.2) is 0 Å². The van der Waals surface area contributed by atoms with Crippen molar-refractivity contribution >= 4 is 0 Å². The summed E-state index contributed by atoms with van der Waals surface area (Å²) in [6.07, 6.45) is 12.9. The van der Waals surface area contributed by atoms with Gasteiger partial charge in [-0.3, -0.25) is 0 Å². The monoisotopic (exact) mass is 298 g/mol. The van der Waals surface area contributed by atoms with Gasteiger partial charge in [0.2, 0.25) is 0 Å². The van der Waals surface area contributed by atoms with E-state index in [2.05, 4.69) is 56.9 Å². The van der Waals surface area contributed by atoms with E-state index in [1.165, 1.54) is 68.9 Å². The lowest BCUT2D eigenvalue weighted by molar-refractivity contribution is 0.516. The molecule has 0 N–H and O–H groups in total. The summed E-state index contributed by atoms with van der Waals surface area (Å²) in [7, 11) is 0. The van der Waals surface area contributed by atoms with Gasteiger partial charge < -0.3 is 0 Å². The third-order valence-corrected chi connectivity index (χ3v) is 4.44. The highest BCUT2D eigenvalue weighted by Crippen LogP contribution is 2.13. The highest BCUT2D eigenvalue weighted by Gasteiger charge is 2.00. The summed E-state index contributed by atoms with van der Waals surface area (Å²) >= 11 is 0. The summed E-state index contributed by atoms with van der Waals surface area (Å²) in [5, 5.41) is 0. The predicted molar refractivity (Wildman–Crippen MR) is 99.1 cm³/mol. The maximum Gasteiger partial charge on any atom is 0.0247 e. The van der Waals surface area contributed by atoms with Crippen molar-refractivity contribution < 1.29 is 0 Å². The van der Waals surface area contributed by atoms with E-state index < -0.39 is 0 Å². The molecule has 122 valence electrons. The van der Waals surface area contributed by atoms with E-state index in [9.17, 15) is 0 Å². The van der Waals surface area contributed by atoms with Crippen LogP contribution >= 0.6 is 0 Å². The van der Waals surface area contributed by atoms with Crippen LogP contribution < -0.4 is 0 Å². The van der Waals surface area contributed by atoms with Crippen LogP contribution in [0.2, 0.25) is 0 Å². The topological polar surface area (TPSA) is 0 Å². The third kappa shape index (κ3) is 8.93. The zero-order valence-electron chi connectivity index (χ0n) is 15.0. The van der Waals surface area contributed by atoms with Crippen LogP contribution in [0.3, 0.4) is 0 Å². The Labute approximate surface area is 138 Å². The first-order valence-corrected chi connectivity index (χ1v) is 9.34. The molecule has 1 aromatic rings. The zero-order chi connectivity index (χ0) is 16.0. The minimum absolute atomic E-state index is 0.822. The van der Waals surface area contributed by atoms with Gasteiger partial charge in [-0.1, -0.05) is 83.3 Å². The maximum atomic E-state index is 3.35. The third-order valence-electron chi connectivity index (χ3n) is 4.44. The molecular formula is C22H34. The van der Waals surface area contributed by atoms with E-state index in [4.69, 9.17) is 0 Å². The van der Waals surface area contributed by atoms with E-state index in [0.717, 1.165) is 12.3 Å². The van der Waals surface area contributed by atoms with Gasteiger partial charge in [0.05, 0.1) is 0 Å². The van der Waals surface area contributed by atoms with Crippen LogP contribution in [0.5, 0.6) is 0 Å². The van der Waals surface area contributed by atoms with E-state index in [-0.39, 0.29) is 0 Å². The van der Waals surface area contributed by atoms with Gasteiger partial charge in [-0.15, -0.1) is 0 Å². The number of benzene rings is 1. The lowest BCUT2D eigenvalue weighted by Gasteiger charge is -2.07. The number of rotatable bonds is 10. The van der Waals surface area contributed by atoms with Crippen LogP contribution in [0.4, 0.5) is 0 Å². The second-order valence-electron chi connectivity index (χ2n) is 6.57. The fraction of sp³-hybridized carbons (Fsp3) is 0.636. The summed E-state index contributed by atoms with van der Waals surface area (Å²) in [6, 6.07) is 8.81. The summed E-state index contributed by atoms with van der Waals surface area (Å²) in [5.41, 5.74) is 2.62. The van der Waals surface area contributed by atoms with Crippen molar-refractivity contribution in [2.24, 2.45) is 5.92 Å². The van der Waals surface area contributed by atoms with E-state index in [0.29, 0.717) is 0 Å². The Hall–Kier alpha value is -1.22. The Bertz CT molecular complexity index is 447. The first-order valence-electron chi connectivity index (χ1n) is 9.34. The molecule has 0 saturated carbocycles. The molecule has 0 aliphatic rings. The number of hydrogen-bond acceptors (Lipinski definition) is 0. The molecule has 1 unspecified atom stereocenters. The van der Waals surface area contributed by atoms with Crippen LogP contribution in [-0.2, 0) is 6.42 Å². The Kier molecular flexibility index (Phi) is 10.6. The van der Waals surface area contributed by atoms with Gasteiger partial charge in [0.25, 0.3) is 0 Å². The van der Waals surface area contributed by atoms with E-state index in [1.807, 2.05) is 0 Å².